The number of anilines is 1. The number of hydrogen-bond donors (Lipinski definition) is 4. The number of aliphatic hydroxyl groups is 1. The van der Waals surface area contributed by atoms with Crippen LogP contribution in [-0.2, 0) is 16.4 Å². The molecule has 3 aromatic carbocycles. The van der Waals surface area contributed by atoms with E-state index in [-0.39, 0.29) is 30.4 Å². The lowest BCUT2D eigenvalue weighted by Crippen LogP contribution is -2.30. The molecule has 0 aliphatic carbocycles. The van der Waals surface area contributed by atoms with Gasteiger partial charge in [0.15, 0.2) is 0 Å². The molecule has 202 valence electrons. The van der Waals surface area contributed by atoms with Crippen LogP contribution in [0.25, 0.3) is 11.1 Å². The number of benzene rings is 3. The summed E-state index contributed by atoms with van der Waals surface area (Å²) in [5, 5.41) is 16.8. The predicted molar refractivity (Wildman–Crippen MR) is 155 cm³/mol. The van der Waals surface area contributed by atoms with Crippen molar-refractivity contribution in [1.82, 2.24) is 10.0 Å². The average molecular weight is 569 g/mol. The molecule has 0 radical (unpaired) electrons. The van der Waals surface area contributed by atoms with E-state index >= 15 is 0 Å². The third-order valence-corrected chi connectivity index (χ3v) is 6.06. The standard InChI is InChI=1S/C27H33N3O4S.2ClH/c1-3-16-29-25-18-23(13-14-24(25)27(32)30-35(2,33)34)21-11-9-20(10-12-21)15-17-28-19-26(31)22-7-5-4-6-8-22;;/h4-14,18,26,28-29,31H,3,15-17,19H2,1-2H3,(H,30,32);2*1H/t26-;;/m0../s1. The highest BCUT2D eigenvalue weighted by molar-refractivity contribution is 7.89. The molecule has 1 atom stereocenters. The van der Waals surface area contributed by atoms with E-state index < -0.39 is 22.0 Å². The van der Waals surface area contributed by atoms with Gasteiger partial charge in [-0.15, -0.1) is 24.8 Å². The molecule has 0 saturated heterocycles. The van der Waals surface area contributed by atoms with Crippen LogP contribution in [0.1, 0.15) is 40.9 Å². The van der Waals surface area contributed by atoms with Crippen molar-refractivity contribution in [2.45, 2.75) is 25.9 Å². The van der Waals surface area contributed by atoms with Crippen LogP contribution in [0.5, 0.6) is 0 Å². The molecule has 0 aromatic heterocycles. The third kappa shape index (κ3) is 10.3. The van der Waals surface area contributed by atoms with Crippen LogP contribution in [-0.4, -0.2) is 45.3 Å². The maximum absolute atomic E-state index is 12.4. The van der Waals surface area contributed by atoms with Crippen LogP contribution in [0, 0.1) is 0 Å². The fourth-order valence-corrected chi connectivity index (χ4v) is 4.13. The highest BCUT2D eigenvalue weighted by Crippen LogP contribution is 2.26. The summed E-state index contributed by atoms with van der Waals surface area (Å²) in [6, 6.07) is 23.1. The van der Waals surface area contributed by atoms with Crippen molar-refractivity contribution in [1.29, 1.82) is 0 Å². The number of carbonyl (C=O) groups is 1. The molecule has 10 heteroatoms. The van der Waals surface area contributed by atoms with Gasteiger partial charge in [-0.25, -0.2) is 13.1 Å². The van der Waals surface area contributed by atoms with Crippen molar-refractivity contribution in [2.75, 3.05) is 31.2 Å². The molecule has 0 saturated carbocycles. The Balaban J connectivity index is 0.00000342. The van der Waals surface area contributed by atoms with Crippen molar-refractivity contribution in [3.8, 4) is 11.1 Å². The number of halogens is 2. The fraction of sp³-hybridized carbons (Fsp3) is 0.296. The third-order valence-electron chi connectivity index (χ3n) is 5.51. The summed E-state index contributed by atoms with van der Waals surface area (Å²) in [5.41, 5.74) is 4.87. The number of nitrogens with one attached hydrogen (secondary N) is 3. The highest BCUT2D eigenvalue weighted by atomic mass is 35.5. The number of carbonyl (C=O) groups excluding carboxylic acids is 1. The number of hydrogen-bond acceptors (Lipinski definition) is 6. The van der Waals surface area contributed by atoms with Crippen LogP contribution in [0.15, 0.2) is 72.8 Å². The fourth-order valence-electron chi connectivity index (χ4n) is 3.68. The van der Waals surface area contributed by atoms with E-state index in [1.165, 1.54) is 5.56 Å². The van der Waals surface area contributed by atoms with Crippen LogP contribution < -0.4 is 15.4 Å². The quantitative estimate of drug-likeness (QED) is 0.239. The van der Waals surface area contributed by atoms with E-state index in [9.17, 15) is 18.3 Å². The van der Waals surface area contributed by atoms with Crippen molar-refractivity contribution < 1.29 is 18.3 Å². The summed E-state index contributed by atoms with van der Waals surface area (Å²) < 4.78 is 25.0. The Morgan fingerprint density at radius 2 is 1.57 bits per heavy atom. The van der Waals surface area contributed by atoms with Crippen LogP contribution >= 0.6 is 24.8 Å². The average Bonchev–Trinajstić information content (AvgIpc) is 2.85. The van der Waals surface area contributed by atoms with Gasteiger partial charge in [-0.3, -0.25) is 4.79 Å². The van der Waals surface area contributed by atoms with Gasteiger partial charge in [0, 0.05) is 18.8 Å². The molecular weight excluding hydrogens is 533 g/mol. The number of amides is 1. The van der Waals surface area contributed by atoms with Gasteiger partial charge in [0.2, 0.25) is 10.0 Å². The summed E-state index contributed by atoms with van der Waals surface area (Å²) >= 11 is 0. The molecule has 7 nitrogen and oxygen atoms in total. The first-order valence-corrected chi connectivity index (χ1v) is 13.6. The Morgan fingerprint density at radius 1 is 0.919 bits per heavy atom. The van der Waals surface area contributed by atoms with Crippen LogP contribution in [0.4, 0.5) is 5.69 Å². The van der Waals surface area contributed by atoms with Gasteiger partial charge in [0.25, 0.3) is 5.91 Å². The Morgan fingerprint density at radius 3 is 2.19 bits per heavy atom. The van der Waals surface area contributed by atoms with E-state index in [0.29, 0.717) is 18.8 Å². The normalized spacial score (nSPS) is 11.5. The minimum atomic E-state index is -3.65. The maximum atomic E-state index is 12.4. The van der Waals surface area contributed by atoms with E-state index in [0.717, 1.165) is 42.3 Å². The number of aliphatic hydroxyl groups excluding tert-OH is 1. The van der Waals surface area contributed by atoms with Crippen molar-refractivity contribution in [3.63, 3.8) is 0 Å². The molecule has 37 heavy (non-hydrogen) atoms. The molecule has 0 aliphatic heterocycles. The molecule has 0 heterocycles. The molecule has 3 rings (SSSR count). The minimum absolute atomic E-state index is 0. The van der Waals surface area contributed by atoms with Gasteiger partial charge < -0.3 is 15.7 Å². The maximum Gasteiger partial charge on any atom is 0.266 e. The summed E-state index contributed by atoms with van der Waals surface area (Å²) in [4.78, 5) is 12.4. The van der Waals surface area contributed by atoms with Gasteiger partial charge in [0.05, 0.1) is 17.9 Å². The Kier molecular flexibility index (Phi) is 13.7. The van der Waals surface area contributed by atoms with Gasteiger partial charge in [-0.05, 0) is 53.8 Å². The highest BCUT2D eigenvalue weighted by Gasteiger charge is 2.16. The molecule has 0 bridgehead atoms. The second-order valence-corrected chi connectivity index (χ2v) is 10.2. The number of rotatable bonds is 12. The molecule has 0 unspecified atom stereocenters. The second kappa shape index (κ2) is 15.6. The molecule has 0 fully saturated rings. The lowest BCUT2D eigenvalue weighted by atomic mass is 10.00. The van der Waals surface area contributed by atoms with Crippen molar-refractivity contribution in [2.24, 2.45) is 0 Å². The van der Waals surface area contributed by atoms with Crippen molar-refractivity contribution in [3.05, 3.63) is 89.5 Å². The van der Waals surface area contributed by atoms with E-state index in [2.05, 4.69) is 22.8 Å². The largest absolute Gasteiger partial charge is 0.387 e. The van der Waals surface area contributed by atoms with E-state index in [4.69, 9.17) is 0 Å². The first-order valence-electron chi connectivity index (χ1n) is 11.7. The van der Waals surface area contributed by atoms with Crippen molar-refractivity contribution >= 4 is 46.4 Å². The van der Waals surface area contributed by atoms with E-state index in [1.807, 2.05) is 66.2 Å². The smallest absolute Gasteiger partial charge is 0.266 e. The molecule has 0 spiro atoms. The summed E-state index contributed by atoms with van der Waals surface area (Å²) in [6.07, 6.45) is 2.12. The van der Waals surface area contributed by atoms with Gasteiger partial charge >= 0.3 is 0 Å². The Labute approximate surface area is 232 Å². The SMILES string of the molecule is CCCNc1cc(-c2ccc(CCNC[C@H](O)c3ccccc3)cc2)ccc1C(=O)NS(C)(=O)=O.Cl.Cl. The van der Waals surface area contributed by atoms with Gasteiger partial charge in [-0.2, -0.15) is 0 Å². The topological polar surface area (TPSA) is 108 Å². The van der Waals surface area contributed by atoms with Gasteiger partial charge in [-0.1, -0.05) is 67.6 Å². The lowest BCUT2D eigenvalue weighted by Gasteiger charge is -2.14. The van der Waals surface area contributed by atoms with E-state index in [1.54, 1.807) is 6.07 Å². The summed E-state index contributed by atoms with van der Waals surface area (Å²) in [6.45, 7) is 3.92. The minimum Gasteiger partial charge on any atom is -0.387 e. The first-order chi connectivity index (χ1) is 16.8. The van der Waals surface area contributed by atoms with Crippen LogP contribution in [0.2, 0.25) is 0 Å². The lowest BCUT2D eigenvalue weighted by molar-refractivity contribution is 0.0982. The van der Waals surface area contributed by atoms with Gasteiger partial charge in [0.1, 0.15) is 0 Å². The number of sulfonamides is 1. The van der Waals surface area contributed by atoms with Crippen LogP contribution in [0.3, 0.4) is 0 Å². The molecule has 3 aromatic rings. The zero-order valence-corrected chi connectivity index (χ0v) is 23.4. The molecule has 4 N–H and O–H groups in total. The molecular formula is C27H35Cl2N3O4S. The Hall–Kier alpha value is -2.62. The first kappa shape index (κ1) is 32.4. The summed E-state index contributed by atoms with van der Waals surface area (Å²) in [5.74, 6) is -0.655. The second-order valence-electron chi connectivity index (χ2n) is 8.47. The molecule has 1 amide bonds. The Bertz CT molecular complexity index is 1220. The zero-order valence-electron chi connectivity index (χ0n) is 20.9. The predicted octanol–water partition coefficient (Wildman–Crippen LogP) is 4.57. The monoisotopic (exact) mass is 567 g/mol. The zero-order chi connectivity index (χ0) is 25.3. The molecule has 0 aliphatic rings. The summed E-state index contributed by atoms with van der Waals surface area (Å²) in [7, 11) is -3.65.